The molecule has 3 aromatic rings. The molecule has 0 spiro atoms. The number of carbonyl (C=O) groups is 1. The second kappa shape index (κ2) is 6.34. The Morgan fingerprint density at radius 3 is 2.92 bits per heavy atom. The van der Waals surface area contributed by atoms with Gasteiger partial charge >= 0.3 is 0 Å². The van der Waals surface area contributed by atoms with Gasteiger partial charge in [0, 0.05) is 18.0 Å². The number of nitrogens with one attached hydrogen (secondary N) is 1. The van der Waals surface area contributed by atoms with Crippen LogP contribution in [0.5, 0.6) is 5.75 Å². The second-order valence-corrected chi connectivity index (χ2v) is 5.98. The molecule has 0 atom stereocenters. The molecule has 2 heterocycles. The highest BCUT2D eigenvalue weighted by atomic mass is 79.9. The zero-order valence-corrected chi connectivity index (χ0v) is 14.6. The van der Waals surface area contributed by atoms with Crippen molar-refractivity contribution in [3.63, 3.8) is 0 Å². The number of amides is 1. The van der Waals surface area contributed by atoms with Gasteiger partial charge in [-0.25, -0.2) is 4.98 Å². The molecular formula is C17H13BrN4O2. The van der Waals surface area contributed by atoms with E-state index in [9.17, 15) is 4.79 Å². The summed E-state index contributed by atoms with van der Waals surface area (Å²) in [5, 5.41) is 11.8. The van der Waals surface area contributed by atoms with E-state index in [1.165, 1.54) is 7.11 Å². The molecule has 0 bridgehead atoms. The van der Waals surface area contributed by atoms with Gasteiger partial charge in [-0.3, -0.25) is 9.20 Å². The molecule has 1 amide bonds. The number of fused-ring (bicyclic) bond motifs is 1. The first-order valence-corrected chi connectivity index (χ1v) is 7.85. The van der Waals surface area contributed by atoms with Crippen LogP contribution in [0.4, 0.5) is 5.69 Å². The summed E-state index contributed by atoms with van der Waals surface area (Å²) in [6.45, 7) is 1.90. The van der Waals surface area contributed by atoms with Gasteiger partial charge in [0.05, 0.1) is 24.4 Å². The summed E-state index contributed by atoms with van der Waals surface area (Å²) in [6.07, 6.45) is 3.41. The Hall–Kier alpha value is -2.85. The predicted molar refractivity (Wildman–Crippen MR) is 93.3 cm³/mol. The number of benzene rings is 1. The minimum absolute atomic E-state index is 0.257. The monoisotopic (exact) mass is 384 g/mol. The summed E-state index contributed by atoms with van der Waals surface area (Å²) < 4.78 is 7.74. The number of anilines is 1. The van der Waals surface area contributed by atoms with E-state index >= 15 is 0 Å². The molecule has 0 saturated carbocycles. The highest BCUT2D eigenvalue weighted by Gasteiger charge is 2.12. The number of aryl methyl sites for hydroxylation is 1. The molecule has 0 aliphatic rings. The van der Waals surface area contributed by atoms with Crippen molar-refractivity contribution in [1.29, 1.82) is 5.26 Å². The van der Waals surface area contributed by atoms with Crippen molar-refractivity contribution < 1.29 is 9.53 Å². The van der Waals surface area contributed by atoms with E-state index in [1.807, 2.05) is 17.4 Å². The molecule has 0 saturated heterocycles. The summed E-state index contributed by atoms with van der Waals surface area (Å²) >= 11 is 3.41. The van der Waals surface area contributed by atoms with E-state index in [0.29, 0.717) is 22.6 Å². The van der Waals surface area contributed by atoms with Crippen LogP contribution in [0.15, 0.2) is 41.3 Å². The van der Waals surface area contributed by atoms with E-state index in [0.717, 1.165) is 15.8 Å². The van der Waals surface area contributed by atoms with Crippen molar-refractivity contribution >= 4 is 33.2 Å². The molecule has 6 nitrogen and oxygen atoms in total. The van der Waals surface area contributed by atoms with Crippen molar-refractivity contribution in [2.24, 2.45) is 0 Å². The zero-order valence-electron chi connectivity index (χ0n) is 13.0. The van der Waals surface area contributed by atoms with Crippen LogP contribution in [0, 0.1) is 18.3 Å². The Morgan fingerprint density at radius 1 is 1.42 bits per heavy atom. The number of carbonyl (C=O) groups excluding carboxylic acids is 1. The molecule has 1 N–H and O–H groups in total. The number of pyridine rings is 1. The molecule has 3 rings (SSSR count). The van der Waals surface area contributed by atoms with Gasteiger partial charge in [0.1, 0.15) is 22.1 Å². The molecule has 0 aliphatic carbocycles. The number of nitrogens with zero attached hydrogens (tertiary/aromatic N) is 3. The van der Waals surface area contributed by atoms with Gasteiger partial charge in [-0.05, 0) is 46.6 Å². The number of rotatable bonds is 3. The molecule has 0 unspecified atom stereocenters. The number of nitriles is 1. The third-order valence-electron chi connectivity index (χ3n) is 3.59. The van der Waals surface area contributed by atoms with E-state index < -0.39 is 0 Å². The lowest BCUT2D eigenvalue weighted by molar-refractivity contribution is 0.102. The van der Waals surface area contributed by atoms with Crippen LogP contribution in [0.2, 0.25) is 0 Å². The number of hydrogen-bond donors (Lipinski definition) is 1. The summed E-state index contributed by atoms with van der Waals surface area (Å²) in [4.78, 5) is 16.8. The fourth-order valence-electron chi connectivity index (χ4n) is 2.42. The summed E-state index contributed by atoms with van der Waals surface area (Å²) in [5.41, 5.74) is 3.15. The quantitative estimate of drug-likeness (QED) is 0.748. The van der Waals surface area contributed by atoms with Crippen molar-refractivity contribution in [2.75, 3.05) is 12.4 Å². The van der Waals surface area contributed by atoms with Gasteiger partial charge in [0.15, 0.2) is 0 Å². The van der Waals surface area contributed by atoms with Crippen LogP contribution in [-0.4, -0.2) is 22.4 Å². The van der Waals surface area contributed by atoms with Crippen molar-refractivity contribution in [1.82, 2.24) is 9.38 Å². The Labute approximate surface area is 146 Å². The van der Waals surface area contributed by atoms with E-state index in [1.54, 1.807) is 36.7 Å². The van der Waals surface area contributed by atoms with Crippen LogP contribution in [0.1, 0.15) is 21.5 Å². The average Bonchev–Trinajstić information content (AvgIpc) is 2.96. The van der Waals surface area contributed by atoms with E-state index in [-0.39, 0.29) is 5.91 Å². The van der Waals surface area contributed by atoms with Crippen LogP contribution in [-0.2, 0) is 0 Å². The molecule has 24 heavy (non-hydrogen) atoms. The maximum Gasteiger partial charge on any atom is 0.257 e. The lowest BCUT2D eigenvalue weighted by Crippen LogP contribution is -2.13. The van der Waals surface area contributed by atoms with Gasteiger partial charge in [-0.1, -0.05) is 0 Å². The summed E-state index contributed by atoms with van der Waals surface area (Å²) in [5.74, 6) is 0.159. The fraction of sp³-hybridized carbons (Fsp3) is 0.118. The maximum absolute atomic E-state index is 12.5. The second-order valence-electron chi connectivity index (χ2n) is 5.17. The Bertz CT molecular complexity index is 988. The fourth-order valence-corrected chi connectivity index (χ4v) is 2.79. The van der Waals surface area contributed by atoms with Gasteiger partial charge < -0.3 is 10.1 Å². The largest absolute Gasteiger partial charge is 0.495 e. The van der Waals surface area contributed by atoms with Gasteiger partial charge in [0.2, 0.25) is 0 Å². The topological polar surface area (TPSA) is 79.4 Å². The normalized spacial score (nSPS) is 10.4. The van der Waals surface area contributed by atoms with Crippen LogP contribution >= 0.6 is 15.9 Å². The predicted octanol–water partition coefficient (Wildman–Crippen LogP) is 3.54. The average molecular weight is 385 g/mol. The van der Waals surface area contributed by atoms with Gasteiger partial charge in [0.25, 0.3) is 5.91 Å². The number of ether oxygens (including phenoxy) is 1. The molecule has 120 valence electrons. The highest BCUT2D eigenvalue weighted by molar-refractivity contribution is 9.10. The molecule has 0 aliphatic heterocycles. The Kier molecular flexibility index (Phi) is 4.23. The smallest absolute Gasteiger partial charge is 0.257 e. The number of imidazole rings is 1. The first-order chi connectivity index (χ1) is 11.5. The maximum atomic E-state index is 12.5. The lowest BCUT2D eigenvalue weighted by Gasteiger charge is -2.09. The van der Waals surface area contributed by atoms with E-state index in [4.69, 9.17) is 10.00 Å². The molecular weight excluding hydrogens is 372 g/mol. The highest BCUT2D eigenvalue weighted by Crippen LogP contribution is 2.23. The van der Waals surface area contributed by atoms with E-state index in [2.05, 4.69) is 26.2 Å². The van der Waals surface area contributed by atoms with Gasteiger partial charge in [-0.2, -0.15) is 5.26 Å². The lowest BCUT2D eigenvalue weighted by atomic mass is 10.1. The first-order valence-electron chi connectivity index (χ1n) is 7.06. The van der Waals surface area contributed by atoms with Crippen molar-refractivity contribution in [3.8, 4) is 11.8 Å². The zero-order chi connectivity index (χ0) is 17.3. The number of hydrogen-bond acceptors (Lipinski definition) is 4. The van der Waals surface area contributed by atoms with Crippen LogP contribution in [0.25, 0.3) is 5.65 Å². The van der Waals surface area contributed by atoms with Crippen molar-refractivity contribution in [2.45, 2.75) is 6.92 Å². The third-order valence-corrected chi connectivity index (χ3v) is 4.17. The summed E-state index contributed by atoms with van der Waals surface area (Å²) in [7, 11) is 1.48. The molecule has 1 aromatic carbocycles. The standard InChI is InChI=1S/C17H13BrN4O2/c1-10-5-12(9-22-15(18)8-20-16(10)22)17(23)21-13-4-3-11(7-19)14(6-13)24-2/h3-6,8-9H,1-2H3,(H,21,23). The van der Waals surface area contributed by atoms with Crippen LogP contribution < -0.4 is 10.1 Å². The number of halogens is 1. The third kappa shape index (κ3) is 2.84. The Morgan fingerprint density at radius 2 is 2.21 bits per heavy atom. The minimum Gasteiger partial charge on any atom is -0.495 e. The SMILES string of the molecule is COc1cc(NC(=O)c2cc(C)c3ncc(Br)n3c2)ccc1C#N. The molecule has 7 heteroatoms. The molecule has 2 aromatic heterocycles. The van der Waals surface area contributed by atoms with Crippen molar-refractivity contribution in [3.05, 3.63) is 58.0 Å². The number of aromatic nitrogens is 2. The Balaban J connectivity index is 1.93. The van der Waals surface area contributed by atoms with Gasteiger partial charge in [-0.15, -0.1) is 0 Å². The number of methoxy groups -OCH3 is 1. The molecule has 0 radical (unpaired) electrons. The summed E-state index contributed by atoms with van der Waals surface area (Å²) in [6, 6.07) is 8.71. The van der Waals surface area contributed by atoms with Crippen LogP contribution in [0.3, 0.4) is 0 Å². The molecule has 0 fully saturated rings. The minimum atomic E-state index is -0.257. The first kappa shape index (κ1) is 16.0.